The Bertz CT molecular complexity index is 854. The second-order valence-electron chi connectivity index (χ2n) is 6.16. The van der Waals surface area contributed by atoms with Gasteiger partial charge in [-0.25, -0.2) is 9.98 Å². The minimum atomic E-state index is 0. The highest BCUT2D eigenvalue weighted by Gasteiger charge is 2.10. The van der Waals surface area contributed by atoms with Crippen molar-refractivity contribution in [2.24, 2.45) is 12.0 Å². The summed E-state index contributed by atoms with van der Waals surface area (Å²) in [4.78, 5) is 14.6. The molecule has 3 aromatic rings. The van der Waals surface area contributed by atoms with E-state index in [1.807, 2.05) is 50.9 Å². The van der Waals surface area contributed by atoms with Crippen molar-refractivity contribution in [3.63, 3.8) is 0 Å². The van der Waals surface area contributed by atoms with Crippen molar-refractivity contribution in [2.45, 2.75) is 20.0 Å². The maximum absolute atomic E-state index is 4.69. The molecule has 1 aromatic carbocycles. The topological polar surface area (TPSA) is 74.1 Å². The van der Waals surface area contributed by atoms with Crippen LogP contribution in [0, 0.1) is 0 Å². The van der Waals surface area contributed by atoms with Gasteiger partial charge >= 0.3 is 0 Å². The van der Waals surface area contributed by atoms with E-state index in [0.717, 1.165) is 35.1 Å². The first-order valence-corrected chi connectivity index (χ1v) is 8.72. The summed E-state index contributed by atoms with van der Waals surface area (Å²) in [5.74, 6) is 1.74. The fourth-order valence-corrected chi connectivity index (χ4v) is 2.70. The number of benzene rings is 1. The van der Waals surface area contributed by atoms with Gasteiger partial charge in [0.1, 0.15) is 5.82 Å². The maximum atomic E-state index is 4.69. The van der Waals surface area contributed by atoms with E-state index in [1.165, 1.54) is 0 Å². The third-order valence-electron chi connectivity index (χ3n) is 3.97. The summed E-state index contributed by atoms with van der Waals surface area (Å²) in [6.07, 6.45) is 5.69. The molecule has 3 rings (SSSR count). The van der Waals surface area contributed by atoms with Gasteiger partial charge in [-0.2, -0.15) is 5.10 Å². The minimum Gasteiger partial charge on any atom is -0.357 e. The molecule has 0 unspecified atom stereocenters. The highest BCUT2D eigenvalue weighted by molar-refractivity contribution is 14.0. The van der Waals surface area contributed by atoms with E-state index >= 15 is 0 Å². The van der Waals surface area contributed by atoms with Gasteiger partial charge in [-0.15, -0.1) is 24.0 Å². The second kappa shape index (κ2) is 10.1. The van der Waals surface area contributed by atoms with Crippen molar-refractivity contribution in [1.29, 1.82) is 0 Å². The van der Waals surface area contributed by atoms with Crippen molar-refractivity contribution in [3.8, 4) is 11.3 Å². The average Bonchev–Trinajstić information content (AvgIpc) is 3.28. The van der Waals surface area contributed by atoms with E-state index in [9.17, 15) is 0 Å². The lowest BCUT2D eigenvalue weighted by atomic mass is 10.2. The van der Waals surface area contributed by atoms with E-state index in [2.05, 4.69) is 44.3 Å². The number of guanidine groups is 1. The van der Waals surface area contributed by atoms with Gasteiger partial charge in [-0.05, 0) is 12.5 Å². The van der Waals surface area contributed by atoms with Crippen LogP contribution in [0.2, 0.25) is 0 Å². The molecule has 7 nitrogen and oxygen atoms in total. The zero-order valence-electron chi connectivity index (χ0n) is 15.9. The van der Waals surface area contributed by atoms with Crippen LogP contribution < -0.4 is 5.32 Å². The molecule has 2 heterocycles. The molecule has 0 amide bonds. The Hall–Kier alpha value is -2.36. The molecule has 0 bridgehead atoms. The van der Waals surface area contributed by atoms with Crippen LogP contribution in [0.3, 0.4) is 0 Å². The number of aliphatic imine (C=N–C) groups is 1. The first-order valence-electron chi connectivity index (χ1n) is 8.72. The Morgan fingerprint density at radius 2 is 2.04 bits per heavy atom. The van der Waals surface area contributed by atoms with E-state index < -0.39 is 0 Å². The number of imidazole rings is 1. The summed E-state index contributed by atoms with van der Waals surface area (Å²) < 4.78 is 1.79. The molecule has 0 saturated heterocycles. The number of aryl methyl sites for hydroxylation is 1. The van der Waals surface area contributed by atoms with E-state index in [0.29, 0.717) is 13.1 Å². The van der Waals surface area contributed by atoms with Crippen LogP contribution in [0.4, 0.5) is 0 Å². The number of hydrogen-bond donors (Lipinski definition) is 2. The average molecular weight is 479 g/mol. The lowest BCUT2D eigenvalue weighted by molar-refractivity contribution is 0.464. The quantitative estimate of drug-likeness (QED) is 0.324. The molecule has 8 heteroatoms. The largest absolute Gasteiger partial charge is 0.357 e. The Labute approximate surface area is 176 Å². The number of H-pyrrole nitrogens is 1. The summed E-state index contributed by atoms with van der Waals surface area (Å²) in [6, 6.07) is 10.2. The van der Waals surface area contributed by atoms with Crippen molar-refractivity contribution in [1.82, 2.24) is 30.0 Å². The molecule has 0 saturated carbocycles. The molecule has 2 aromatic heterocycles. The highest BCUT2D eigenvalue weighted by Crippen LogP contribution is 2.16. The zero-order valence-corrected chi connectivity index (χ0v) is 18.2. The Kier molecular flexibility index (Phi) is 7.83. The molecule has 0 aliphatic rings. The standard InChI is InChI=1S/C19H25N7.HI/c1-4-20-19(22-10-15-11-23-26(3)13-15)25(2)14-18-21-12-17(24-18)16-8-6-5-7-9-16;/h5-9,11-13H,4,10,14H2,1-3H3,(H,20,22)(H,21,24);1H. The SMILES string of the molecule is CCNC(=NCc1cnn(C)c1)N(C)Cc1ncc(-c2ccccc2)[nH]1.I. The van der Waals surface area contributed by atoms with Crippen LogP contribution >= 0.6 is 24.0 Å². The third-order valence-corrected chi connectivity index (χ3v) is 3.97. The summed E-state index contributed by atoms with van der Waals surface area (Å²) in [5, 5.41) is 7.51. The monoisotopic (exact) mass is 479 g/mol. The number of hydrogen-bond acceptors (Lipinski definition) is 3. The van der Waals surface area contributed by atoms with Crippen LogP contribution in [0.1, 0.15) is 18.3 Å². The predicted molar refractivity (Wildman–Crippen MR) is 119 cm³/mol. The fourth-order valence-electron chi connectivity index (χ4n) is 2.70. The van der Waals surface area contributed by atoms with Crippen molar-refractivity contribution in [2.75, 3.05) is 13.6 Å². The van der Waals surface area contributed by atoms with E-state index in [-0.39, 0.29) is 24.0 Å². The summed E-state index contributed by atoms with van der Waals surface area (Å²) in [5.41, 5.74) is 3.23. The van der Waals surface area contributed by atoms with Gasteiger partial charge in [0.15, 0.2) is 5.96 Å². The van der Waals surface area contributed by atoms with E-state index in [1.54, 1.807) is 4.68 Å². The Morgan fingerprint density at radius 3 is 2.70 bits per heavy atom. The van der Waals surface area contributed by atoms with Crippen LogP contribution in [0.5, 0.6) is 0 Å². The molecule has 0 radical (unpaired) electrons. The molecule has 27 heavy (non-hydrogen) atoms. The van der Waals surface area contributed by atoms with Gasteiger partial charge in [-0.3, -0.25) is 4.68 Å². The van der Waals surface area contributed by atoms with Gasteiger partial charge < -0.3 is 15.2 Å². The van der Waals surface area contributed by atoms with Crippen LogP contribution in [0.15, 0.2) is 53.9 Å². The van der Waals surface area contributed by atoms with Gasteiger partial charge in [0.2, 0.25) is 0 Å². The van der Waals surface area contributed by atoms with Crippen molar-refractivity contribution in [3.05, 3.63) is 60.3 Å². The molecule has 144 valence electrons. The highest BCUT2D eigenvalue weighted by atomic mass is 127. The number of nitrogens with one attached hydrogen (secondary N) is 2. The Balaban J connectivity index is 0.00000261. The zero-order chi connectivity index (χ0) is 18.4. The van der Waals surface area contributed by atoms with Crippen molar-refractivity contribution >= 4 is 29.9 Å². The number of rotatable bonds is 6. The van der Waals surface area contributed by atoms with Crippen LogP contribution in [0.25, 0.3) is 11.3 Å². The number of aromatic nitrogens is 4. The fraction of sp³-hybridized carbons (Fsp3) is 0.316. The molecule has 0 spiro atoms. The normalized spacial score (nSPS) is 11.1. The van der Waals surface area contributed by atoms with Gasteiger partial charge in [0.05, 0.1) is 31.2 Å². The summed E-state index contributed by atoms with van der Waals surface area (Å²) >= 11 is 0. The smallest absolute Gasteiger partial charge is 0.194 e. The summed E-state index contributed by atoms with van der Waals surface area (Å²) in [7, 11) is 3.92. The molecule has 0 atom stereocenters. The van der Waals surface area contributed by atoms with E-state index in [4.69, 9.17) is 4.99 Å². The van der Waals surface area contributed by atoms with Crippen LogP contribution in [-0.2, 0) is 20.1 Å². The molecule has 0 aliphatic carbocycles. The number of nitrogens with zero attached hydrogens (tertiary/aromatic N) is 5. The van der Waals surface area contributed by atoms with Crippen LogP contribution in [-0.4, -0.2) is 44.2 Å². The maximum Gasteiger partial charge on any atom is 0.194 e. The number of halogens is 1. The molecule has 0 fully saturated rings. The summed E-state index contributed by atoms with van der Waals surface area (Å²) in [6.45, 7) is 4.11. The van der Waals surface area contributed by atoms with Gasteiger partial charge in [0, 0.05) is 32.4 Å². The molecule has 2 N–H and O–H groups in total. The second-order valence-corrected chi connectivity index (χ2v) is 6.16. The lowest BCUT2D eigenvalue weighted by Crippen LogP contribution is -2.38. The molecule has 0 aliphatic heterocycles. The van der Waals surface area contributed by atoms with Crippen molar-refractivity contribution < 1.29 is 0 Å². The third kappa shape index (κ3) is 5.81. The van der Waals surface area contributed by atoms with Gasteiger partial charge in [-0.1, -0.05) is 30.3 Å². The first kappa shape index (κ1) is 20.9. The molecular formula is C19H26IN7. The van der Waals surface area contributed by atoms with Gasteiger partial charge in [0.25, 0.3) is 0 Å². The number of aromatic amines is 1. The minimum absolute atomic E-state index is 0. The lowest BCUT2D eigenvalue weighted by Gasteiger charge is -2.20. The Morgan fingerprint density at radius 1 is 1.26 bits per heavy atom. The molecular weight excluding hydrogens is 453 g/mol. The first-order chi connectivity index (χ1) is 12.7. The predicted octanol–water partition coefficient (Wildman–Crippen LogP) is 3.03.